The van der Waals surface area contributed by atoms with Crippen LogP contribution in [0, 0.1) is 0 Å². The minimum absolute atomic E-state index is 0.198. The molecule has 0 unspecified atom stereocenters. The number of nitrogens with one attached hydrogen (secondary N) is 1. The lowest BCUT2D eigenvalue weighted by atomic mass is 10.2. The zero-order valence-corrected chi connectivity index (χ0v) is 13.6. The minimum atomic E-state index is -0.198. The van der Waals surface area contributed by atoms with Crippen molar-refractivity contribution in [2.45, 2.75) is 19.8 Å². The van der Waals surface area contributed by atoms with E-state index in [1.54, 1.807) is 17.4 Å². The molecule has 0 bridgehead atoms. The Bertz CT molecular complexity index is 604. The number of rotatable bonds is 4. The van der Waals surface area contributed by atoms with E-state index in [1.165, 1.54) is 17.4 Å². The van der Waals surface area contributed by atoms with Crippen LogP contribution in [-0.2, 0) is 4.79 Å². The van der Waals surface area contributed by atoms with Crippen molar-refractivity contribution in [3.8, 4) is 0 Å². The molecule has 2 heterocycles. The van der Waals surface area contributed by atoms with Crippen molar-refractivity contribution in [1.29, 1.82) is 0 Å². The van der Waals surface area contributed by atoms with Gasteiger partial charge in [0.1, 0.15) is 5.01 Å². The summed E-state index contributed by atoms with van der Waals surface area (Å²) < 4.78 is 1.04. The predicted octanol–water partition coefficient (Wildman–Crippen LogP) is 4.14. The van der Waals surface area contributed by atoms with Crippen LogP contribution in [-0.4, -0.2) is 16.1 Å². The van der Waals surface area contributed by atoms with Crippen molar-refractivity contribution in [3.05, 3.63) is 31.9 Å². The lowest BCUT2D eigenvalue weighted by Crippen LogP contribution is -2.07. The van der Waals surface area contributed by atoms with E-state index in [2.05, 4.69) is 31.4 Å². The summed E-state index contributed by atoms with van der Waals surface area (Å²) in [6.45, 7) is 4.08. The summed E-state index contributed by atoms with van der Waals surface area (Å²) in [5.74, 6) is 0.123. The van der Waals surface area contributed by atoms with Gasteiger partial charge in [-0.25, -0.2) is 0 Å². The Morgan fingerprint density at radius 2 is 2.16 bits per heavy atom. The zero-order chi connectivity index (χ0) is 13.8. The summed E-state index contributed by atoms with van der Waals surface area (Å²) in [6.07, 6.45) is 3.27. The smallest absolute Gasteiger partial charge is 0.250 e. The second-order valence-electron chi connectivity index (χ2n) is 4.06. The van der Waals surface area contributed by atoms with Crippen molar-refractivity contribution in [2.75, 3.05) is 5.32 Å². The van der Waals surface area contributed by atoms with Gasteiger partial charge in [-0.1, -0.05) is 25.2 Å². The van der Waals surface area contributed by atoms with E-state index in [-0.39, 0.29) is 5.91 Å². The number of carbonyl (C=O) groups excluding carboxylic acids is 1. The Morgan fingerprint density at radius 1 is 1.37 bits per heavy atom. The van der Waals surface area contributed by atoms with Crippen LogP contribution in [0.2, 0.25) is 0 Å². The van der Waals surface area contributed by atoms with Gasteiger partial charge in [0, 0.05) is 16.9 Å². The van der Waals surface area contributed by atoms with E-state index in [0.717, 1.165) is 13.7 Å². The molecule has 2 aromatic heterocycles. The number of amides is 1. The van der Waals surface area contributed by atoms with E-state index in [9.17, 15) is 4.79 Å². The second kappa shape index (κ2) is 6.40. The first-order chi connectivity index (χ1) is 9.04. The van der Waals surface area contributed by atoms with Crippen molar-refractivity contribution in [3.63, 3.8) is 0 Å². The fourth-order valence-corrected chi connectivity index (χ4v) is 3.32. The number of aromatic nitrogens is 2. The second-order valence-corrected chi connectivity index (χ2v) is 7.57. The summed E-state index contributed by atoms with van der Waals surface area (Å²) >= 11 is 6.35. The fourth-order valence-electron chi connectivity index (χ4n) is 1.24. The van der Waals surface area contributed by atoms with Crippen LogP contribution in [0.4, 0.5) is 5.13 Å². The lowest BCUT2D eigenvalue weighted by molar-refractivity contribution is -0.111. The van der Waals surface area contributed by atoms with Gasteiger partial charge in [-0.15, -0.1) is 21.5 Å². The Labute approximate surface area is 127 Å². The van der Waals surface area contributed by atoms with E-state index in [0.29, 0.717) is 11.0 Å². The van der Waals surface area contributed by atoms with Crippen LogP contribution in [0.1, 0.15) is 29.7 Å². The molecule has 4 nitrogen and oxygen atoms in total. The van der Waals surface area contributed by atoms with Gasteiger partial charge < -0.3 is 0 Å². The molecule has 1 N–H and O–H groups in total. The molecule has 7 heteroatoms. The lowest BCUT2D eigenvalue weighted by Gasteiger charge is -1.95. The molecule has 0 aliphatic carbocycles. The molecule has 0 fully saturated rings. The average Bonchev–Trinajstić information content (AvgIpc) is 2.96. The summed E-state index contributed by atoms with van der Waals surface area (Å²) in [7, 11) is 0. The molecular formula is C12H12BrN3OS2. The molecule has 0 spiro atoms. The average molecular weight is 358 g/mol. The Morgan fingerprint density at radius 3 is 2.74 bits per heavy atom. The van der Waals surface area contributed by atoms with Gasteiger partial charge in [0.15, 0.2) is 0 Å². The molecule has 0 atom stereocenters. The minimum Gasteiger partial charge on any atom is -0.297 e. The standard InChI is InChI=1S/C12H12BrN3OS2/c1-7(2)11-15-16-12(19-11)14-10(17)6-4-8-3-5-9(13)18-8/h3-7H,1-2H3,(H,14,16,17)/b6-4+. The molecule has 100 valence electrons. The highest BCUT2D eigenvalue weighted by atomic mass is 79.9. The monoisotopic (exact) mass is 357 g/mol. The largest absolute Gasteiger partial charge is 0.297 e. The fraction of sp³-hybridized carbons (Fsp3) is 0.250. The van der Waals surface area contributed by atoms with E-state index >= 15 is 0 Å². The molecule has 19 heavy (non-hydrogen) atoms. The molecule has 0 aliphatic heterocycles. The quantitative estimate of drug-likeness (QED) is 0.836. The molecule has 2 rings (SSSR count). The number of thiophene rings is 1. The summed E-state index contributed by atoms with van der Waals surface area (Å²) in [5.41, 5.74) is 0. The number of nitrogens with zero attached hydrogens (tertiary/aromatic N) is 2. The van der Waals surface area contributed by atoms with Gasteiger partial charge in [0.25, 0.3) is 0 Å². The molecular weight excluding hydrogens is 346 g/mol. The third kappa shape index (κ3) is 4.22. The van der Waals surface area contributed by atoms with Gasteiger partial charge in [0.05, 0.1) is 3.79 Å². The summed E-state index contributed by atoms with van der Waals surface area (Å²) in [4.78, 5) is 12.7. The molecule has 0 radical (unpaired) electrons. The number of anilines is 1. The highest BCUT2D eigenvalue weighted by molar-refractivity contribution is 9.11. The highest BCUT2D eigenvalue weighted by Gasteiger charge is 2.08. The molecule has 0 saturated heterocycles. The van der Waals surface area contributed by atoms with Gasteiger partial charge in [-0.2, -0.15) is 0 Å². The zero-order valence-electron chi connectivity index (χ0n) is 10.4. The molecule has 2 aromatic rings. The van der Waals surface area contributed by atoms with Gasteiger partial charge >= 0.3 is 0 Å². The van der Waals surface area contributed by atoms with Crippen LogP contribution in [0.25, 0.3) is 6.08 Å². The van der Waals surface area contributed by atoms with Crippen molar-refractivity contribution in [2.24, 2.45) is 0 Å². The van der Waals surface area contributed by atoms with Gasteiger partial charge in [-0.3, -0.25) is 10.1 Å². The van der Waals surface area contributed by atoms with Crippen LogP contribution in [0.3, 0.4) is 0 Å². The number of hydrogen-bond acceptors (Lipinski definition) is 5. The van der Waals surface area contributed by atoms with Gasteiger partial charge in [-0.05, 0) is 34.1 Å². The van der Waals surface area contributed by atoms with E-state index < -0.39 is 0 Å². The van der Waals surface area contributed by atoms with Crippen LogP contribution in [0.15, 0.2) is 22.0 Å². The third-order valence-corrected chi connectivity index (χ3v) is 4.89. The van der Waals surface area contributed by atoms with Crippen molar-refractivity contribution >= 4 is 55.7 Å². The molecule has 0 saturated carbocycles. The Kier molecular flexibility index (Phi) is 4.84. The van der Waals surface area contributed by atoms with E-state index in [1.807, 2.05) is 26.0 Å². The van der Waals surface area contributed by atoms with Gasteiger partial charge in [0.2, 0.25) is 11.0 Å². The van der Waals surface area contributed by atoms with Crippen LogP contribution < -0.4 is 5.32 Å². The van der Waals surface area contributed by atoms with E-state index in [4.69, 9.17) is 0 Å². The Hall–Kier alpha value is -1.05. The van der Waals surface area contributed by atoms with Crippen LogP contribution >= 0.6 is 38.6 Å². The summed E-state index contributed by atoms with van der Waals surface area (Å²) in [5, 5.41) is 12.1. The van der Waals surface area contributed by atoms with Crippen molar-refractivity contribution < 1.29 is 4.79 Å². The first kappa shape index (κ1) is 14.4. The van der Waals surface area contributed by atoms with Crippen LogP contribution in [0.5, 0.6) is 0 Å². The Balaban J connectivity index is 1.95. The number of carbonyl (C=O) groups is 1. The highest BCUT2D eigenvalue weighted by Crippen LogP contribution is 2.24. The maximum Gasteiger partial charge on any atom is 0.250 e. The maximum absolute atomic E-state index is 11.7. The molecule has 0 aromatic carbocycles. The first-order valence-electron chi connectivity index (χ1n) is 5.62. The topological polar surface area (TPSA) is 54.9 Å². The number of hydrogen-bond donors (Lipinski definition) is 1. The molecule has 1 amide bonds. The van der Waals surface area contributed by atoms with Crippen molar-refractivity contribution in [1.82, 2.24) is 10.2 Å². The molecule has 0 aliphatic rings. The third-order valence-electron chi connectivity index (χ3n) is 2.16. The number of halogens is 1. The SMILES string of the molecule is CC(C)c1nnc(NC(=O)/C=C/c2ccc(Br)s2)s1. The normalized spacial score (nSPS) is 11.4. The first-order valence-corrected chi connectivity index (χ1v) is 8.05. The maximum atomic E-state index is 11.7. The predicted molar refractivity (Wildman–Crippen MR) is 83.7 cm³/mol. The summed E-state index contributed by atoms with van der Waals surface area (Å²) in [6, 6.07) is 3.89.